The molecule has 0 saturated carbocycles. The molecule has 19 heavy (non-hydrogen) atoms. The van der Waals surface area contributed by atoms with Crippen molar-refractivity contribution < 1.29 is 9.13 Å². The van der Waals surface area contributed by atoms with Crippen LogP contribution in [0.1, 0.15) is 18.0 Å². The predicted molar refractivity (Wildman–Crippen MR) is 74.9 cm³/mol. The van der Waals surface area contributed by atoms with Gasteiger partial charge in [0, 0.05) is 37.8 Å². The minimum atomic E-state index is -0.302. The SMILES string of the molecule is C=CC[C@H](c1cccc(F)c1OC)N1CCNCC1. The molecule has 0 bridgehead atoms. The van der Waals surface area contributed by atoms with Gasteiger partial charge in [-0.15, -0.1) is 6.58 Å². The van der Waals surface area contributed by atoms with Crippen LogP contribution in [0.15, 0.2) is 30.9 Å². The summed E-state index contributed by atoms with van der Waals surface area (Å²) in [5.41, 5.74) is 0.907. The number of halogens is 1. The highest BCUT2D eigenvalue weighted by Gasteiger charge is 2.24. The molecule has 0 radical (unpaired) electrons. The lowest BCUT2D eigenvalue weighted by Gasteiger charge is -2.35. The highest BCUT2D eigenvalue weighted by molar-refractivity contribution is 5.37. The van der Waals surface area contributed by atoms with Gasteiger partial charge in [0.2, 0.25) is 0 Å². The van der Waals surface area contributed by atoms with Gasteiger partial charge in [-0.3, -0.25) is 4.90 Å². The van der Waals surface area contributed by atoms with Crippen molar-refractivity contribution in [1.82, 2.24) is 10.2 Å². The molecule has 1 heterocycles. The summed E-state index contributed by atoms with van der Waals surface area (Å²) in [6, 6.07) is 5.25. The van der Waals surface area contributed by atoms with Gasteiger partial charge in [-0.05, 0) is 12.5 Å². The molecular weight excluding hydrogens is 243 g/mol. The van der Waals surface area contributed by atoms with E-state index in [-0.39, 0.29) is 11.9 Å². The molecule has 0 aromatic heterocycles. The standard InChI is InChI=1S/C15H21FN2O/c1-3-5-14(18-10-8-17-9-11-18)12-6-4-7-13(16)15(12)19-2/h3-4,6-7,14,17H,1,5,8-11H2,2H3/t14-/m1/s1. The van der Waals surface area contributed by atoms with E-state index in [2.05, 4.69) is 16.8 Å². The third-order valence-electron chi connectivity index (χ3n) is 3.54. The van der Waals surface area contributed by atoms with Crippen molar-refractivity contribution >= 4 is 0 Å². The fourth-order valence-corrected chi connectivity index (χ4v) is 2.63. The van der Waals surface area contributed by atoms with E-state index in [9.17, 15) is 4.39 Å². The summed E-state index contributed by atoms with van der Waals surface area (Å²) in [4.78, 5) is 2.36. The second kappa shape index (κ2) is 6.68. The van der Waals surface area contributed by atoms with Gasteiger partial charge in [-0.25, -0.2) is 4.39 Å². The van der Waals surface area contributed by atoms with Crippen LogP contribution in [0.3, 0.4) is 0 Å². The third kappa shape index (κ3) is 3.14. The summed E-state index contributed by atoms with van der Waals surface area (Å²) in [6.45, 7) is 7.66. The van der Waals surface area contributed by atoms with Gasteiger partial charge in [0.05, 0.1) is 7.11 Å². The molecule has 0 unspecified atom stereocenters. The topological polar surface area (TPSA) is 24.5 Å². The highest BCUT2D eigenvalue weighted by Crippen LogP contribution is 2.34. The van der Waals surface area contributed by atoms with E-state index >= 15 is 0 Å². The molecule has 0 amide bonds. The quantitative estimate of drug-likeness (QED) is 0.826. The molecule has 2 rings (SSSR count). The van der Waals surface area contributed by atoms with Crippen molar-refractivity contribution in [3.8, 4) is 5.75 Å². The van der Waals surface area contributed by atoms with Crippen molar-refractivity contribution in [2.45, 2.75) is 12.5 Å². The molecule has 1 aromatic rings. The van der Waals surface area contributed by atoms with Crippen LogP contribution in [0.2, 0.25) is 0 Å². The molecule has 1 fully saturated rings. The maximum atomic E-state index is 13.8. The molecule has 1 atom stereocenters. The second-order valence-corrected chi connectivity index (χ2v) is 4.69. The first-order valence-corrected chi connectivity index (χ1v) is 6.66. The monoisotopic (exact) mass is 264 g/mol. The molecule has 0 aliphatic carbocycles. The zero-order chi connectivity index (χ0) is 13.7. The average molecular weight is 264 g/mol. The van der Waals surface area contributed by atoms with Crippen LogP contribution < -0.4 is 10.1 Å². The first-order valence-electron chi connectivity index (χ1n) is 6.66. The van der Waals surface area contributed by atoms with Crippen molar-refractivity contribution in [3.05, 3.63) is 42.2 Å². The van der Waals surface area contributed by atoms with E-state index in [0.29, 0.717) is 5.75 Å². The smallest absolute Gasteiger partial charge is 0.165 e. The van der Waals surface area contributed by atoms with Crippen molar-refractivity contribution in [3.63, 3.8) is 0 Å². The minimum absolute atomic E-state index is 0.130. The average Bonchev–Trinajstić information content (AvgIpc) is 2.45. The number of hydrogen-bond donors (Lipinski definition) is 1. The Morgan fingerprint density at radius 1 is 1.47 bits per heavy atom. The summed E-state index contributed by atoms with van der Waals surface area (Å²) in [5.74, 6) is 0.0529. The minimum Gasteiger partial charge on any atom is -0.493 e. The first-order chi connectivity index (χ1) is 9.27. The van der Waals surface area contributed by atoms with Gasteiger partial charge in [-0.2, -0.15) is 0 Å². The Labute approximate surface area is 114 Å². The summed E-state index contributed by atoms with van der Waals surface area (Å²) < 4.78 is 19.1. The van der Waals surface area contributed by atoms with Crippen LogP contribution in [-0.4, -0.2) is 38.2 Å². The van der Waals surface area contributed by atoms with Crippen LogP contribution in [0.4, 0.5) is 4.39 Å². The molecule has 1 saturated heterocycles. The third-order valence-corrected chi connectivity index (χ3v) is 3.54. The lowest BCUT2D eigenvalue weighted by Crippen LogP contribution is -2.45. The first kappa shape index (κ1) is 14.0. The summed E-state index contributed by atoms with van der Waals surface area (Å²) in [6.07, 6.45) is 2.68. The van der Waals surface area contributed by atoms with Gasteiger partial charge in [0.1, 0.15) is 0 Å². The Kier molecular flexibility index (Phi) is 4.93. The normalized spacial score (nSPS) is 18.0. The molecule has 1 aromatic carbocycles. The van der Waals surface area contributed by atoms with Crippen molar-refractivity contribution in [2.24, 2.45) is 0 Å². The fourth-order valence-electron chi connectivity index (χ4n) is 2.63. The van der Waals surface area contributed by atoms with Crippen LogP contribution >= 0.6 is 0 Å². The number of methoxy groups -OCH3 is 1. The lowest BCUT2D eigenvalue weighted by atomic mass is 9.99. The molecular formula is C15H21FN2O. The van der Waals surface area contributed by atoms with Gasteiger partial charge in [0.25, 0.3) is 0 Å². The Balaban J connectivity index is 2.32. The van der Waals surface area contributed by atoms with Crippen LogP contribution in [-0.2, 0) is 0 Å². The Morgan fingerprint density at radius 3 is 2.84 bits per heavy atom. The lowest BCUT2D eigenvalue weighted by molar-refractivity contribution is 0.171. The number of nitrogens with zero attached hydrogens (tertiary/aromatic N) is 1. The van der Waals surface area contributed by atoms with Gasteiger partial charge >= 0.3 is 0 Å². The van der Waals surface area contributed by atoms with Crippen LogP contribution in [0.5, 0.6) is 5.75 Å². The zero-order valence-electron chi connectivity index (χ0n) is 11.4. The number of nitrogens with one attached hydrogen (secondary N) is 1. The van der Waals surface area contributed by atoms with E-state index in [1.807, 2.05) is 12.1 Å². The van der Waals surface area contributed by atoms with Crippen molar-refractivity contribution in [2.75, 3.05) is 33.3 Å². The molecule has 104 valence electrons. The summed E-state index contributed by atoms with van der Waals surface area (Å²) in [7, 11) is 1.52. The van der Waals surface area contributed by atoms with Crippen molar-refractivity contribution in [1.29, 1.82) is 0 Å². The summed E-state index contributed by atoms with van der Waals surface area (Å²) >= 11 is 0. The molecule has 1 aliphatic rings. The number of hydrogen-bond acceptors (Lipinski definition) is 3. The number of ether oxygens (including phenoxy) is 1. The summed E-state index contributed by atoms with van der Waals surface area (Å²) in [5, 5.41) is 3.33. The Morgan fingerprint density at radius 2 is 2.21 bits per heavy atom. The Bertz CT molecular complexity index is 430. The Hall–Kier alpha value is -1.39. The van der Waals surface area contributed by atoms with Gasteiger partial charge in [-0.1, -0.05) is 18.2 Å². The fraction of sp³-hybridized carbons (Fsp3) is 0.467. The van der Waals surface area contributed by atoms with E-state index in [1.54, 1.807) is 6.07 Å². The van der Waals surface area contributed by atoms with Crippen LogP contribution in [0, 0.1) is 5.82 Å². The molecule has 0 spiro atoms. The maximum absolute atomic E-state index is 13.8. The van der Waals surface area contributed by atoms with Crippen LogP contribution in [0.25, 0.3) is 0 Å². The molecule has 3 nitrogen and oxygen atoms in total. The zero-order valence-corrected chi connectivity index (χ0v) is 11.4. The van der Waals surface area contributed by atoms with E-state index in [0.717, 1.165) is 38.2 Å². The number of benzene rings is 1. The number of piperazine rings is 1. The van der Waals surface area contributed by atoms with Gasteiger partial charge in [0.15, 0.2) is 11.6 Å². The number of rotatable bonds is 5. The van der Waals surface area contributed by atoms with Gasteiger partial charge < -0.3 is 10.1 Å². The van der Waals surface area contributed by atoms with E-state index < -0.39 is 0 Å². The molecule has 1 aliphatic heterocycles. The van der Waals surface area contributed by atoms with E-state index in [4.69, 9.17) is 4.74 Å². The largest absolute Gasteiger partial charge is 0.493 e. The number of para-hydroxylation sites is 1. The molecule has 1 N–H and O–H groups in total. The second-order valence-electron chi connectivity index (χ2n) is 4.69. The van der Waals surface area contributed by atoms with E-state index in [1.165, 1.54) is 13.2 Å². The predicted octanol–water partition coefficient (Wildman–Crippen LogP) is 2.36. The maximum Gasteiger partial charge on any atom is 0.165 e. The highest BCUT2D eigenvalue weighted by atomic mass is 19.1. The molecule has 4 heteroatoms.